The average molecular weight is 389 g/mol. The molecule has 2 aromatic carbocycles. The van der Waals surface area contributed by atoms with E-state index in [2.05, 4.69) is 26.6 Å². The van der Waals surface area contributed by atoms with Crippen LogP contribution in [-0.4, -0.2) is 18.4 Å². The van der Waals surface area contributed by atoms with Crippen LogP contribution in [0.2, 0.25) is 0 Å². The SMILES string of the molecule is Cc1ccccc1C(=O)NCCC(=O)N[C@H](C)c1ccc(Br)cc1. The van der Waals surface area contributed by atoms with Crippen LogP contribution in [0.3, 0.4) is 0 Å². The van der Waals surface area contributed by atoms with E-state index >= 15 is 0 Å². The third-order valence-electron chi connectivity index (χ3n) is 3.77. The quantitative estimate of drug-likeness (QED) is 0.791. The minimum Gasteiger partial charge on any atom is -0.352 e. The molecule has 0 saturated heterocycles. The molecule has 2 N–H and O–H groups in total. The molecule has 0 bridgehead atoms. The van der Waals surface area contributed by atoms with Gasteiger partial charge >= 0.3 is 0 Å². The van der Waals surface area contributed by atoms with Gasteiger partial charge in [0.15, 0.2) is 0 Å². The summed E-state index contributed by atoms with van der Waals surface area (Å²) in [5, 5.41) is 5.72. The number of carbonyl (C=O) groups is 2. The van der Waals surface area contributed by atoms with E-state index in [9.17, 15) is 9.59 Å². The van der Waals surface area contributed by atoms with Gasteiger partial charge in [-0.05, 0) is 43.2 Å². The molecule has 2 amide bonds. The Balaban J connectivity index is 1.78. The number of hydrogen-bond acceptors (Lipinski definition) is 2. The molecule has 4 nitrogen and oxygen atoms in total. The summed E-state index contributed by atoms with van der Waals surface area (Å²) in [5.74, 6) is -0.239. The number of hydrogen-bond donors (Lipinski definition) is 2. The number of carbonyl (C=O) groups excluding carboxylic acids is 2. The van der Waals surface area contributed by atoms with Gasteiger partial charge in [0.2, 0.25) is 5.91 Å². The van der Waals surface area contributed by atoms with E-state index in [1.807, 2.05) is 56.3 Å². The molecule has 0 saturated carbocycles. The van der Waals surface area contributed by atoms with Crippen molar-refractivity contribution in [1.29, 1.82) is 0 Å². The monoisotopic (exact) mass is 388 g/mol. The van der Waals surface area contributed by atoms with E-state index in [0.29, 0.717) is 12.1 Å². The van der Waals surface area contributed by atoms with E-state index in [1.165, 1.54) is 0 Å². The molecule has 0 aromatic heterocycles. The molecule has 0 aliphatic rings. The fraction of sp³-hybridized carbons (Fsp3) is 0.263. The molecule has 0 radical (unpaired) electrons. The van der Waals surface area contributed by atoms with Crippen LogP contribution in [0.4, 0.5) is 0 Å². The predicted octanol–water partition coefficient (Wildman–Crippen LogP) is 3.75. The third kappa shape index (κ3) is 5.20. The van der Waals surface area contributed by atoms with E-state index in [1.54, 1.807) is 6.07 Å². The Morgan fingerprint density at radius 1 is 1.08 bits per heavy atom. The van der Waals surface area contributed by atoms with Crippen LogP contribution in [0.1, 0.15) is 40.9 Å². The van der Waals surface area contributed by atoms with Crippen LogP contribution in [0.25, 0.3) is 0 Å². The maximum Gasteiger partial charge on any atom is 0.251 e. The molecule has 126 valence electrons. The minimum absolute atomic E-state index is 0.0716. The van der Waals surface area contributed by atoms with Crippen molar-refractivity contribution in [3.8, 4) is 0 Å². The predicted molar refractivity (Wildman–Crippen MR) is 98.8 cm³/mol. The van der Waals surface area contributed by atoms with Crippen LogP contribution in [0.5, 0.6) is 0 Å². The maximum absolute atomic E-state index is 12.1. The Bertz CT molecular complexity index is 714. The highest BCUT2D eigenvalue weighted by molar-refractivity contribution is 9.10. The Kier molecular flexibility index (Phi) is 6.55. The van der Waals surface area contributed by atoms with Gasteiger partial charge in [-0.25, -0.2) is 0 Å². The van der Waals surface area contributed by atoms with Crippen molar-refractivity contribution in [3.63, 3.8) is 0 Å². The number of benzene rings is 2. The van der Waals surface area contributed by atoms with Crippen LogP contribution >= 0.6 is 15.9 Å². The number of amides is 2. The number of nitrogens with one attached hydrogen (secondary N) is 2. The fourth-order valence-electron chi connectivity index (χ4n) is 2.36. The van der Waals surface area contributed by atoms with E-state index in [4.69, 9.17) is 0 Å². The number of rotatable bonds is 6. The smallest absolute Gasteiger partial charge is 0.251 e. The zero-order chi connectivity index (χ0) is 17.5. The summed E-state index contributed by atoms with van der Waals surface area (Å²) in [4.78, 5) is 24.1. The van der Waals surface area contributed by atoms with Gasteiger partial charge in [0.25, 0.3) is 5.91 Å². The first kappa shape index (κ1) is 18.2. The molecule has 0 heterocycles. The van der Waals surface area contributed by atoms with Gasteiger partial charge < -0.3 is 10.6 Å². The van der Waals surface area contributed by atoms with Gasteiger partial charge in [-0.3, -0.25) is 9.59 Å². The van der Waals surface area contributed by atoms with Crippen LogP contribution in [0, 0.1) is 6.92 Å². The largest absolute Gasteiger partial charge is 0.352 e. The molecule has 2 rings (SSSR count). The lowest BCUT2D eigenvalue weighted by atomic mass is 10.1. The van der Waals surface area contributed by atoms with E-state index in [0.717, 1.165) is 15.6 Å². The zero-order valence-corrected chi connectivity index (χ0v) is 15.4. The summed E-state index contributed by atoms with van der Waals surface area (Å²) in [6.45, 7) is 4.14. The highest BCUT2D eigenvalue weighted by Crippen LogP contribution is 2.16. The van der Waals surface area contributed by atoms with E-state index < -0.39 is 0 Å². The zero-order valence-electron chi connectivity index (χ0n) is 13.8. The Morgan fingerprint density at radius 3 is 2.42 bits per heavy atom. The van der Waals surface area contributed by atoms with Crippen molar-refractivity contribution in [1.82, 2.24) is 10.6 Å². The molecule has 24 heavy (non-hydrogen) atoms. The summed E-state index contributed by atoms with van der Waals surface area (Å²) in [7, 11) is 0. The first-order chi connectivity index (χ1) is 11.5. The van der Waals surface area contributed by atoms with Crippen molar-refractivity contribution in [2.45, 2.75) is 26.3 Å². The minimum atomic E-state index is -0.151. The standard InChI is InChI=1S/C19H21BrN2O2/c1-13-5-3-4-6-17(13)19(24)21-12-11-18(23)22-14(2)15-7-9-16(20)10-8-15/h3-10,14H,11-12H2,1-2H3,(H,21,24)(H,22,23)/t14-/m1/s1. The van der Waals surface area contributed by atoms with Crippen molar-refractivity contribution in [2.75, 3.05) is 6.54 Å². The lowest BCUT2D eigenvalue weighted by Gasteiger charge is -2.15. The molecule has 2 aromatic rings. The van der Waals surface area contributed by atoms with Gasteiger partial charge in [-0.15, -0.1) is 0 Å². The molecule has 0 unspecified atom stereocenters. The summed E-state index contributed by atoms with van der Waals surface area (Å²) in [6, 6.07) is 15.1. The molecule has 5 heteroatoms. The van der Waals surface area contributed by atoms with Crippen LogP contribution in [0.15, 0.2) is 53.0 Å². The normalized spacial score (nSPS) is 11.6. The Morgan fingerprint density at radius 2 is 1.75 bits per heavy atom. The summed E-state index contributed by atoms with van der Waals surface area (Å²) >= 11 is 3.39. The lowest BCUT2D eigenvalue weighted by molar-refractivity contribution is -0.121. The molecule has 0 fully saturated rings. The summed E-state index contributed by atoms with van der Waals surface area (Å²) < 4.78 is 1.00. The highest BCUT2D eigenvalue weighted by Gasteiger charge is 2.11. The molecule has 0 aliphatic carbocycles. The van der Waals surface area contributed by atoms with Crippen molar-refractivity contribution < 1.29 is 9.59 Å². The van der Waals surface area contributed by atoms with Gasteiger partial charge in [0, 0.05) is 23.0 Å². The molecule has 0 aliphatic heterocycles. The molecule has 0 spiro atoms. The molecular weight excluding hydrogens is 368 g/mol. The van der Waals surface area contributed by atoms with Gasteiger partial charge in [0.1, 0.15) is 0 Å². The number of aryl methyl sites for hydroxylation is 1. The number of halogens is 1. The van der Waals surface area contributed by atoms with Gasteiger partial charge in [-0.2, -0.15) is 0 Å². The average Bonchev–Trinajstić information content (AvgIpc) is 2.55. The highest BCUT2D eigenvalue weighted by atomic mass is 79.9. The second-order valence-electron chi connectivity index (χ2n) is 5.66. The maximum atomic E-state index is 12.1. The molecule has 1 atom stereocenters. The Labute approximate surface area is 150 Å². The Hall–Kier alpha value is -2.14. The summed E-state index contributed by atoms with van der Waals surface area (Å²) in [6.07, 6.45) is 0.249. The second-order valence-corrected chi connectivity index (χ2v) is 6.58. The lowest BCUT2D eigenvalue weighted by Crippen LogP contribution is -2.32. The summed E-state index contributed by atoms with van der Waals surface area (Å²) in [5.41, 5.74) is 2.60. The molecular formula is C19H21BrN2O2. The first-order valence-corrected chi connectivity index (χ1v) is 8.65. The van der Waals surface area contributed by atoms with E-state index in [-0.39, 0.29) is 24.3 Å². The van der Waals surface area contributed by atoms with Gasteiger partial charge in [0.05, 0.1) is 6.04 Å². The first-order valence-electron chi connectivity index (χ1n) is 7.86. The fourth-order valence-corrected chi connectivity index (χ4v) is 2.63. The van der Waals surface area contributed by atoms with Gasteiger partial charge in [-0.1, -0.05) is 46.3 Å². The van der Waals surface area contributed by atoms with Crippen molar-refractivity contribution >= 4 is 27.7 Å². The van der Waals surface area contributed by atoms with Crippen molar-refractivity contribution in [3.05, 3.63) is 69.7 Å². The van der Waals surface area contributed by atoms with Crippen LogP contribution < -0.4 is 10.6 Å². The van der Waals surface area contributed by atoms with Crippen molar-refractivity contribution in [2.24, 2.45) is 0 Å². The third-order valence-corrected chi connectivity index (χ3v) is 4.30. The van der Waals surface area contributed by atoms with Crippen LogP contribution in [-0.2, 0) is 4.79 Å². The second kappa shape index (κ2) is 8.64. The topological polar surface area (TPSA) is 58.2 Å².